The fourth-order valence-corrected chi connectivity index (χ4v) is 2.54. The van der Waals surface area contributed by atoms with E-state index in [0.29, 0.717) is 17.2 Å². The molecular weight excluding hydrogens is 329 g/mol. The number of alkyl halides is 3. The van der Waals surface area contributed by atoms with Crippen molar-refractivity contribution in [3.63, 3.8) is 0 Å². The summed E-state index contributed by atoms with van der Waals surface area (Å²) in [5.41, 5.74) is 1.40. The van der Waals surface area contributed by atoms with Crippen LogP contribution in [0.15, 0.2) is 52.8 Å². The van der Waals surface area contributed by atoms with Crippen molar-refractivity contribution in [1.82, 2.24) is 9.38 Å². The van der Waals surface area contributed by atoms with E-state index in [1.807, 2.05) is 32.9 Å². The van der Waals surface area contributed by atoms with Gasteiger partial charge in [-0.1, -0.05) is 26.0 Å². The molecule has 0 fully saturated rings. The first-order valence-electron chi connectivity index (χ1n) is 7.84. The maximum absolute atomic E-state index is 13.1. The van der Waals surface area contributed by atoms with E-state index in [4.69, 9.17) is 0 Å². The Bertz CT molecular complexity index is 939. The van der Waals surface area contributed by atoms with Gasteiger partial charge in [0.1, 0.15) is 5.65 Å². The smallest absolute Gasteiger partial charge is 0.283 e. The van der Waals surface area contributed by atoms with Crippen LogP contribution in [-0.2, 0) is 6.18 Å². The van der Waals surface area contributed by atoms with Crippen molar-refractivity contribution < 1.29 is 13.2 Å². The second-order valence-corrected chi connectivity index (χ2v) is 6.12. The Labute approximate surface area is 143 Å². The fourth-order valence-electron chi connectivity index (χ4n) is 2.54. The topological polar surface area (TPSA) is 42.0 Å². The number of rotatable bonds is 3. The number of hydrogen-bond acceptors (Lipinski definition) is 3. The molecule has 0 unspecified atom stereocenters. The van der Waals surface area contributed by atoms with Gasteiger partial charge in [0.25, 0.3) is 0 Å². The van der Waals surface area contributed by atoms with Crippen molar-refractivity contribution in [3.8, 4) is 0 Å². The number of imidazole rings is 1. The number of halogens is 3. The van der Waals surface area contributed by atoms with Crippen molar-refractivity contribution in [2.45, 2.75) is 32.9 Å². The largest absolute Gasteiger partial charge is 0.418 e. The highest BCUT2D eigenvalue weighted by molar-refractivity contribution is 5.55. The Morgan fingerprint density at radius 2 is 1.80 bits per heavy atom. The molecule has 0 N–H and O–H groups in total. The highest BCUT2D eigenvalue weighted by Gasteiger charge is 2.33. The van der Waals surface area contributed by atoms with Crippen LogP contribution >= 0.6 is 0 Å². The van der Waals surface area contributed by atoms with Gasteiger partial charge in [-0.25, -0.2) is 4.98 Å². The molecule has 0 aliphatic rings. The van der Waals surface area contributed by atoms with Gasteiger partial charge in [0.2, 0.25) is 0 Å². The first-order valence-corrected chi connectivity index (χ1v) is 7.84. The lowest BCUT2D eigenvalue weighted by Gasteiger charge is -2.08. The Balaban J connectivity index is 2.12. The summed E-state index contributed by atoms with van der Waals surface area (Å²) in [6.07, 6.45) is -2.68. The first-order chi connectivity index (χ1) is 11.8. The van der Waals surface area contributed by atoms with Gasteiger partial charge in [-0.05, 0) is 42.7 Å². The van der Waals surface area contributed by atoms with Crippen molar-refractivity contribution in [2.75, 3.05) is 0 Å². The quantitative estimate of drug-likeness (QED) is 0.521. The van der Waals surface area contributed by atoms with Crippen LogP contribution in [0.1, 0.15) is 36.6 Å². The Hall–Kier alpha value is -2.70. The summed E-state index contributed by atoms with van der Waals surface area (Å²) in [5.74, 6) is 0.508. The number of fused-ring (bicyclic) bond motifs is 1. The molecule has 0 radical (unpaired) electrons. The van der Waals surface area contributed by atoms with Gasteiger partial charge >= 0.3 is 6.18 Å². The van der Waals surface area contributed by atoms with Crippen LogP contribution < -0.4 is 0 Å². The molecule has 0 saturated carbocycles. The van der Waals surface area contributed by atoms with E-state index in [1.54, 1.807) is 10.6 Å². The second-order valence-electron chi connectivity index (χ2n) is 6.12. The number of pyridine rings is 1. The lowest BCUT2D eigenvalue weighted by molar-refractivity contribution is -0.137. The fraction of sp³-hybridized carbons (Fsp3) is 0.278. The minimum Gasteiger partial charge on any atom is -0.283 e. The van der Waals surface area contributed by atoms with Gasteiger partial charge in [0.15, 0.2) is 5.82 Å². The zero-order valence-electron chi connectivity index (χ0n) is 14.0. The first kappa shape index (κ1) is 17.1. The molecule has 1 aromatic carbocycles. The maximum Gasteiger partial charge on any atom is 0.418 e. The average molecular weight is 346 g/mol. The number of aryl methyl sites for hydroxylation is 1. The van der Waals surface area contributed by atoms with Crippen LogP contribution in [0, 0.1) is 6.92 Å². The van der Waals surface area contributed by atoms with Crippen LogP contribution in [0.25, 0.3) is 5.65 Å². The molecule has 0 aliphatic heterocycles. The molecule has 0 aliphatic carbocycles. The predicted molar refractivity (Wildman–Crippen MR) is 89.6 cm³/mol. The van der Waals surface area contributed by atoms with Crippen molar-refractivity contribution >= 4 is 17.2 Å². The number of benzene rings is 1. The zero-order valence-corrected chi connectivity index (χ0v) is 14.0. The Morgan fingerprint density at radius 3 is 2.48 bits per heavy atom. The molecule has 0 spiro atoms. The summed E-state index contributed by atoms with van der Waals surface area (Å²) in [5, 5.41) is 7.99. The molecule has 0 amide bonds. The van der Waals surface area contributed by atoms with Crippen LogP contribution in [0.2, 0.25) is 0 Å². The second kappa shape index (κ2) is 6.31. The van der Waals surface area contributed by atoms with Crippen LogP contribution in [0.5, 0.6) is 0 Å². The average Bonchev–Trinajstić information content (AvgIpc) is 2.90. The molecule has 3 aromatic rings. The summed E-state index contributed by atoms with van der Waals surface area (Å²) in [6, 6.07) is 8.92. The molecule has 2 heterocycles. The monoisotopic (exact) mass is 346 g/mol. The molecule has 130 valence electrons. The van der Waals surface area contributed by atoms with Crippen LogP contribution in [0.4, 0.5) is 24.7 Å². The highest BCUT2D eigenvalue weighted by Crippen LogP contribution is 2.37. The van der Waals surface area contributed by atoms with E-state index in [1.165, 1.54) is 18.2 Å². The van der Waals surface area contributed by atoms with E-state index >= 15 is 0 Å². The molecule has 4 nitrogen and oxygen atoms in total. The van der Waals surface area contributed by atoms with Crippen LogP contribution in [0.3, 0.4) is 0 Å². The van der Waals surface area contributed by atoms with Crippen molar-refractivity contribution in [3.05, 3.63) is 59.4 Å². The van der Waals surface area contributed by atoms with E-state index in [-0.39, 0.29) is 11.6 Å². The van der Waals surface area contributed by atoms with Crippen molar-refractivity contribution in [1.29, 1.82) is 0 Å². The minimum atomic E-state index is -4.48. The maximum atomic E-state index is 13.1. The summed E-state index contributed by atoms with van der Waals surface area (Å²) in [7, 11) is 0. The molecule has 25 heavy (non-hydrogen) atoms. The van der Waals surface area contributed by atoms with E-state index < -0.39 is 11.7 Å². The summed E-state index contributed by atoms with van der Waals surface area (Å²) < 4.78 is 41.0. The van der Waals surface area contributed by atoms with Crippen molar-refractivity contribution in [2.24, 2.45) is 10.2 Å². The molecular formula is C18H17F3N4. The van der Waals surface area contributed by atoms with Crippen LogP contribution in [-0.4, -0.2) is 9.38 Å². The van der Waals surface area contributed by atoms with E-state index in [0.717, 1.165) is 11.6 Å². The third kappa shape index (κ3) is 3.40. The van der Waals surface area contributed by atoms with Gasteiger partial charge in [0.05, 0.1) is 16.9 Å². The molecule has 7 heteroatoms. The third-order valence-corrected chi connectivity index (χ3v) is 3.79. The summed E-state index contributed by atoms with van der Waals surface area (Å²) >= 11 is 0. The normalized spacial score (nSPS) is 12.6. The number of aromatic nitrogens is 2. The zero-order chi connectivity index (χ0) is 18.2. The molecule has 0 saturated heterocycles. The summed E-state index contributed by atoms with van der Waals surface area (Å²) in [6.45, 7) is 5.86. The van der Waals surface area contributed by atoms with Gasteiger partial charge in [-0.2, -0.15) is 13.2 Å². The predicted octanol–water partition coefficient (Wildman–Crippen LogP) is 6.20. The third-order valence-electron chi connectivity index (χ3n) is 3.79. The molecule has 0 atom stereocenters. The van der Waals surface area contributed by atoms with Gasteiger partial charge in [-0.3, -0.25) is 4.40 Å². The highest BCUT2D eigenvalue weighted by atomic mass is 19.4. The Morgan fingerprint density at radius 1 is 1.08 bits per heavy atom. The van der Waals surface area contributed by atoms with Gasteiger partial charge in [0, 0.05) is 6.20 Å². The lowest BCUT2D eigenvalue weighted by Crippen LogP contribution is -2.04. The molecule has 2 aromatic heterocycles. The standard InChI is InChI=1S/C18H17F3N4/c1-11(2)16-17(25-9-8-12(3)10-15(25)22-16)24-23-14-7-5-4-6-13(14)18(19,20)21/h4-11H,1-3H3. The van der Waals surface area contributed by atoms with E-state index in [2.05, 4.69) is 15.2 Å². The SMILES string of the molecule is Cc1ccn2c(N=Nc3ccccc3C(F)(F)F)c(C(C)C)nc2c1. The molecule has 3 rings (SSSR count). The minimum absolute atomic E-state index is 0.0621. The summed E-state index contributed by atoms with van der Waals surface area (Å²) in [4.78, 5) is 4.54. The molecule has 0 bridgehead atoms. The van der Waals surface area contributed by atoms with Gasteiger partial charge in [-0.15, -0.1) is 10.2 Å². The van der Waals surface area contributed by atoms with Gasteiger partial charge < -0.3 is 0 Å². The lowest BCUT2D eigenvalue weighted by atomic mass is 10.1. The van der Waals surface area contributed by atoms with E-state index in [9.17, 15) is 13.2 Å². The number of nitrogens with zero attached hydrogens (tertiary/aromatic N) is 4. The number of hydrogen-bond donors (Lipinski definition) is 0. The Kier molecular flexibility index (Phi) is 4.32. The number of azo groups is 1.